The maximum absolute atomic E-state index is 13.2. The van der Waals surface area contributed by atoms with Crippen molar-refractivity contribution in [2.24, 2.45) is 0 Å². The predicted molar refractivity (Wildman–Crippen MR) is 127 cm³/mol. The van der Waals surface area contributed by atoms with Gasteiger partial charge in [0.1, 0.15) is 28.4 Å². The molecule has 0 N–H and O–H groups in total. The number of ketones is 1. The Hall–Kier alpha value is -4.13. The van der Waals surface area contributed by atoms with Gasteiger partial charge >= 0.3 is 11.9 Å². The number of allylic oxidation sites excluding steroid dienone is 1. The van der Waals surface area contributed by atoms with Gasteiger partial charge in [-0.2, -0.15) is 0 Å². The largest absolute Gasteiger partial charge is 0.496 e. The van der Waals surface area contributed by atoms with Crippen molar-refractivity contribution in [2.75, 3.05) is 7.11 Å². The van der Waals surface area contributed by atoms with Crippen molar-refractivity contribution in [3.8, 4) is 23.0 Å². The van der Waals surface area contributed by atoms with Crippen LogP contribution in [0, 0.1) is 0 Å². The fraction of sp³-hybridized carbons (Fsp3) is 0.222. The van der Waals surface area contributed by atoms with Gasteiger partial charge in [-0.05, 0) is 50.5 Å². The lowest BCUT2D eigenvalue weighted by Gasteiger charge is -2.34. The van der Waals surface area contributed by atoms with Gasteiger partial charge in [-0.3, -0.25) is 4.79 Å². The molecule has 34 heavy (non-hydrogen) atoms. The van der Waals surface area contributed by atoms with E-state index < -0.39 is 23.3 Å². The molecule has 0 unspecified atom stereocenters. The zero-order valence-electron chi connectivity index (χ0n) is 19.4. The van der Waals surface area contributed by atoms with Gasteiger partial charge in [-0.15, -0.1) is 0 Å². The monoisotopic (exact) mass is 462 g/mol. The highest BCUT2D eigenvalue weighted by molar-refractivity contribution is 6.11. The van der Waals surface area contributed by atoms with Crippen LogP contribution in [-0.2, 0) is 16.0 Å². The van der Waals surface area contributed by atoms with Crippen LogP contribution in [0.25, 0.3) is 6.08 Å². The minimum Gasteiger partial charge on any atom is -0.496 e. The average molecular weight is 462 g/mol. The molecule has 0 atom stereocenters. The number of methoxy groups -OCH3 is 1. The van der Waals surface area contributed by atoms with Crippen LogP contribution in [-0.4, -0.2) is 30.4 Å². The summed E-state index contributed by atoms with van der Waals surface area (Å²) in [5.41, 5.74) is 1.03. The summed E-state index contributed by atoms with van der Waals surface area (Å²) in [4.78, 5) is 36.6. The Morgan fingerprint density at radius 1 is 1.03 bits per heavy atom. The van der Waals surface area contributed by atoms with E-state index >= 15 is 0 Å². The molecule has 7 nitrogen and oxygen atoms in total. The van der Waals surface area contributed by atoms with E-state index in [9.17, 15) is 14.4 Å². The van der Waals surface area contributed by atoms with Gasteiger partial charge in [0.15, 0.2) is 11.5 Å². The number of ether oxygens (including phenoxy) is 4. The molecule has 3 rings (SSSR count). The number of hydrogen-bond donors (Lipinski definition) is 0. The minimum atomic E-state index is -0.692. The van der Waals surface area contributed by atoms with Crippen molar-refractivity contribution < 1.29 is 33.3 Å². The number of carbonyl (C=O) groups is 3. The first-order valence-corrected chi connectivity index (χ1v) is 10.6. The van der Waals surface area contributed by atoms with Crippen molar-refractivity contribution >= 4 is 23.8 Å². The number of esters is 2. The molecule has 2 aromatic rings. The molecule has 2 aromatic carbocycles. The molecule has 0 spiro atoms. The summed E-state index contributed by atoms with van der Waals surface area (Å²) in [6.45, 7) is 10.7. The number of carbonyl (C=O) groups excluding carboxylic acids is 3. The van der Waals surface area contributed by atoms with Gasteiger partial charge < -0.3 is 18.9 Å². The van der Waals surface area contributed by atoms with Crippen LogP contribution in [0.3, 0.4) is 0 Å². The number of rotatable bonds is 8. The van der Waals surface area contributed by atoms with E-state index in [1.807, 2.05) is 13.8 Å². The van der Waals surface area contributed by atoms with Crippen molar-refractivity contribution in [2.45, 2.75) is 32.3 Å². The normalized spacial score (nSPS) is 13.9. The van der Waals surface area contributed by atoms with Crippen molar-refractivity contribution in [1.82, 2.24) is 0 Å². The van der Waals surface area contributed by atoms with Crippen molar-refractivity contribution in [3.05, 3.63) is 78.4 Å². The summed E-state index contributed by atoms with van der Waals surface area (Å²) in [5.74, 6) is -0.481. The second-order valence-corrected chi connectivity index (χ2v) is 8.14. The Morgan fingerprint density at radius 3 is 2.29 bits per heavy atom. The molecule has 7 heteroatoms. The lowest BCUT2D eigenvalue weighted by Crippen LogP contribution is -2.33. The fourth-order valence-corrected chi connectivity index (χ4v) is 3.46. The molecule has 0 fully saturated rings. The van der Waals surface area contributed by atoms with Gasteiger partial charge in [-0.25, -0.2) is 9.59 Å². The van der Waals surface area contributed by atoms with E-state index in [1.165, 1.54) is 13.2 Å². The topological polar surface area (TPSA) is 88.1 Å². The molecule has 1 aliphatic rings. The van der Waals surface area contributed by atoms with Crippen molar-refractivity contribution in [1.29, 1.82) is 0 Å². The van der Waals surface area contributed by atoms with Gasteiger partial charge in [0, 0.05) is 23.8 Å². The number of benzene rings is 2. The summed E-state index contributed by atoms with van der Waals surface area (Å²) in [7, 11) is 1.43. The van der Waals surface area contributed by atoms with Gasteiger partial charge in [-0.1, -0.05) is 31.4 Å². The Labute approximate surface area is 198 Å². The molecule has 0 saturated heterocycles. The fourth-order valence-electron chi connectivity index (χ4n) is 3.46. The maximum atomic E-state index is 13.2. The second kappa shape index (κ2) is 10.2. The number of fused-ring (bicyclic) bond motifs is 1. The molecule has 0 aromatic heterocycles. The zero-order valence-corrected chi connectivity index (χ0v) is 19.4. The van der Waals surface area contributed by atoms with Crippen LogP contribution < -0.4 is 18.9 Å². The first-order chi connectivity index (χ1) is 16.2. The standard InChI is InChI=1S/C27H26O7/c1-6-23(29)32-18-11-8-17(9-12-18)10-13-20(28)25-22(31-5)16-21-19(14-15-27(3,4)34-21)26(25)33-24(30)7-2/h6-13,16H,1-2,14-15H2,3-5H3/b13-10+. The first-order valence-electron chi connectivity index (χ1n) is 10.6. The quantitative estimate of drug-likeness (QED) is 0.239. The molecule has 0 amide bonds. The van der Waals surface area contributed by atoms with Crippen LogP contribution in [0.1, 0.15) is 41.8 Å². The molecule has 0 saturated carbocycles. The Kier molecular flexibility index (Phi) is 7.36. The highest BCUT2D eigenvalue weighted by Gasteiger charge is 2.33. The third kappa shape index (κ3) is 5.61. The lowest BCUT2D eigenvalue weighted by molar-refractivity contribution is -0.129. The molecular weight excluding hydrogens is 436 g/mol. The Balaban J connectivity index is 1.97. The summed E-state index contributed by atoms with van der Waals surface area (Å²) in [6.07, 6.45) is 6.29. The third-order valence-corrected chi connectivity index (χ3v) is 5.20. The zero-order chi connectivity index (χ0) is 24.9. The van der Waals surface area contributed by atoms with E-state index in [2.05, 4.69) is 13.2 Å². The van der Waals surface area contributed by atoms with E-state index in [4.69, 9.17) is 18.9 Å². The van der Waals surface area contributed by atoms with E-state index in [0.29, 0.717) is 35.5 Å². The maximum Gasteiger partial charge on any atom is 0.335 e. The van der Waals surface area contributed by atoms with Crippen LogP contribution in [0.15, 0.2) is 61.7 Å². The molecule has 0 radical (unpaired) electrons. The molecule has 1 heterocycles. The first kappa shape index (κ1) is 24.5. The summed E-state index contributed by atoms with van der Waals surface area (Å²) < 4.78 is 22.1. The van der Waals surface area contributed by atoms with Gasteiger partial charge in [0.2, 0.25) is 0 Å². The SMILES string of the molecule is C=CC(=O)Oc1ccc(/C=C/C(=O)c2c(OC)cc3c(c2OC(=O)C=C)CCC(C)(C)O3)cc1. The van der Waals surface area contributed by atoms with Crippen LogP contribution >= 0.6 is 0 Å². The summed E-state index contributed by atoms with van der Waals surface area (Å²) in [6, 6.07) is 8.22. The number of hydrogen-bond acceptors (Lipinski definition) is 7. The van der Waals surface area contributed by atoms with Gasteiger partial charge in [0.05, 0.1) is 7.11 Å². The molecule has 0 bridgehead atoms. The van der Waals surface area contributed by atoms with Crippen LogP contribution in [0.2, 0.25) is 0 Å². The highest BCUT2D eigenvalue weighted by Crippen LogP contribution is 2.45. The van der Waals surface area contributed by atoms with Crippen molar-refractivity contribution in [3.63, 3.8) is 0 Å². The predicted octanol–water partition coefficient (Wildman–Crippen LogP) is 4.88. The summed E-state index contributed by atoms with van der Waals surface area (Å²) >= 11 is 0. The molecule has 176 valence electrons. The Bertz CT molecular complexity index is 1170. The van der Waals surface area contributed by atoms with E-state index in [-0.39, 0.29) is 17.1 Å². The Morgan fingerprint density at radius 2 is 1.68 bits per heavy atom. The molecular formula is C27H26O7. The smallest absolute Gasteiger partial charge is 0.335 e. The van der Waals surface area contributed by atoms with Crippen LogP contribution in [0.5, 0.6) is 23.0 Å². The minimum absolute atomic E-state index is 0.107. The third-order valence-electron chi connectivity index (χ3n) is 5.20. The highest BCUT2D eigenvalue weighted by atomic mass is 16.5. The van der Waals surface area contributed by atoms with E-state index in [0.717, 1.165) is 12.2 Å². The average Bonchev–Trinajstić information content (AvgIpc) is 2.81. The summed E-state index contributed by atoms with van der Waals surface area (Å²) in [5, 5.41) is 0. The lowest BCUT2D eigenvalue weighted by atomic mass is 9.91. The van der Waals surface area contributed by atoms with E-state index in [1.54, 1.807) is 36.4 Å². The van der Waals surface area contributed by atoms with Crippen LogP contribution in [0.4, 0.5) is 0 Å². The molecule has 0 aliphatic carbocycles. The van der Waals surface area contributed by atoms with Gasteiger partial charge in [0.25, 0.3) is 0 Å². The molecule has 1 aliphatic heterocycles. The second-order valence-electron chi connectivity index (χ2n) is 8.14.